The highest BCUT2D eigenvalue weighted by atomic mass is 16.2. The van der Waals surface area contributed by atoms with Gasteiger partial charge in [-0.1, -0.05) is 43.5 Å². The highest BCUT2D eigenvalue weighted by molar-refractivity contribution is 6.00. The van der Waals surface area contributed by atoms with Crippen molar-refractivity contribution in [3.05, 3.63) is 35.4 Å². The average molecular weight is 466 g/mol. The molecule has 0 aromatic heterocycles. The van der Waals surface area contributed by atoms with Crippen molar-refractivity contribution in [2.24, 2.45) is 23.5 Å². The highest BCUT2D eigenvalue weighted by Crippen LogP contribution is 2.59. The zero-order valence-corrected chi connectivity index (χ0v) is 20.9. The van der Waals surface area contributed by atoms with E-state index < -0.39 is 0 Å². The van der Waals surface area contributed by atoms with Crippen molar-refractivity contribution in [1.82, 2.24) is 10.2 Å². The number of amides is 2. The maximum atomic E-state index is 12.4. The maximum absolute atomic E-state index is 12.4. The van der Waals surface area contributed by atoms with Crippen LogP contribution >= 0.6 is 0 Å². The van der Waals surface area contributed by atoms with E-state index in [9.17, 15) is 9.59 Å². The van der Waals surface area contributed by atoms with Gasteiger partial charge in [-0.2, -0.15) is 0 Å². The van der Waals surface area contributed by atoms with Crippen LogP contribution in [0.5, 0.6) is 0 Å². The Kier molecular flexibility index (Phi) is 7.13. The molecule has 1 aromatic carbocycles. The number of benzene rings is 1. The molecular formula is C29H43N3O2. The Hall–Kier alpha value is -1.72. The van der Waals surface area contributed by atoms with Crippen molar-refractivity contribution in [2.75, 3.05) is 13.6 Å². The van der Waals surface area contributed by atoms with Gasteiger partial charge in [0, 0.05) is 18.0 Å². The van der Waals surface area contributed by atoms with E-state index in [1.807, 2.05) is 0 Å². The molecule has 1 heterocycles. The predicted molar refractivity (Wildman–Crippen MR) is 135 cm³/mol. The fraction of sp³-hybridized carbons (Fsp3) is 0.724. The molecule has 4 saturated carbocycles. The molecule has 6 rings (SSSR count). The summed E-state index contributed by atoms with van der Waals surface area (Å²) < 4.78 is 0. The highest BCUT2D eigenvalue weighted by Gasteiger charge is 2.53. The molecule has 0 spiro atoms. The van der Waals surface area contributed by atoms with Gasteiger partial charge in [0.1, 0.15) is 0 Å². The molecule has 4 aliphatic carbocycles. The second kappa shape index (κ2) is 10.1. The number of piperidine rings is 1. The first-order valence-corrected chi connectivity index (χ1v) is 13.8. The molecule has 1 aromatic rings. The molecule has 1 saturated heterocycles. The Balaban J connectivity index is 1.34. The first-order chi connectivity index (χ1) is 16.5. The lowest BCUT2D eigenvalue weighted by Crippen LogP contribution is -2.59. The zero-order valence-electron chi connectivity index (χ0n) is 20.9. The quantitative estimate of drug-likeness (QED) is 0.374. The first-order valence-electron chi connectivity index (χ1n) is 13.8. The zero-order chi connectivity index (χ0) is 23.7. The minimum atomic E-state index is -0.206. The van der Waals surface area contributed by atoms with Crippen molar-refractivity contribution in [2.45, 2.75) is 101 Å². The van der Waals surface area contributed by atoms with E-state index in [2.05, 4.69) is 41.5 Å². The predicted octanol–water partition coefficient (Wildman–Crippen LogP) is 5.06. The standard InChI is InChI=1S/C29H43N3O2/c1-32(29-17-20-14-21(18-29)16-22(15-20)19-29)26(6-4-2-3-5-13-30)24-9-7-23(8-10-24)25-11-12-27(33)31-28(25)34/h7-10,20-22,25-26H,2-6,11-19,30H2,1H3,(H,31,33,34). The van der Waals surface area contributed by atoms with E-state index in [0.717, 1.165) is 36.3 Å². The number of imide groups is 1. The van der Waals surface area contributed by atoms with Gasteiger partial charge in [-0.25, -0.2) is 0 Å². The van der Waals surface area contributed by atoms with Crippen molar-refractivity contribution in [3.63, 3.8) is 0 Å². The van der Waals surface area contributed by atoms with Gasteiger partial charge in [0.25, 0.3) is 0 Å². The number of nitrogens with one attached hydrogen (secondary N) is 1. The Morgan fingerprint density at radius 1 is 0.971 bits per heavy atom. The summed E-state index contributed by atoms with van der Waals surface area (Å²) in [6.07, 6.45) is 15.6. The summed E-state index contributed by atoms with van der Waals surface area (Å²) in [6, 6.07) is 9.24. The fourth-order valence-electron chi connectivity index (χ4n) is 8.21. The van der Waals surface area contributed by atoms with Crippen molar-refractivity contribution >= 4 is 11.8 Å². The number of unbranched alkanes of at least 4 members (excludes halogenated alkanes) is 3. The molecule has 0 radical (unpaired) electrons. The topological polar surface area (TPSA) is 75.4 Å². The lowest BCUT2D eigenvalue weighted by Gasteiger charge is -2.61. The lowest BCUT2D eigenvalue weighted by atomic mass is 9.52. The number of hydrogen-bond acceptors (Lipinski definition) is 4. The van der Waals surface area contributed by atoms with Crippen LogP contribution in [0.25, 0.3) is 0 Å². The van der Waals surface area contributed by atoms with Crippen molar-refractivity contribution in [1.29, 1.82) is 0 Å². The molecule has 3 N–H and O–H groups in total. The van der Waals surface area contributed by atoms with Gasteiger partial charge >= 0.3 is 0 Å². The van der Waals surface area contributed by atoms with E-state index in [-0.39, 0.29) is 17.7 Å². The Labute approximate surface area is 205 Å². The minimum absolute atomic E-state index is 0.147. The summed E-state index contributed by atoms with van der Waals surface area (Å²) >= 11 is 0. The van der Waals surface area contributed by atoms with Gasteiger partial charge < -0.3 is 5.73 Å². The maximum Gasteiger partial charge on any atom is 0.234 e. The molecule has 5 heteroatoms. The number of hydrogen-bond donors (Lipinski definition) is 2. The van der Waals surface area contributed by atoms with Gasteiger partial charge in [-0.05, 0) is 100 Å². The Morgan fingerprint density at radius 3 is 2.18 bits per heavy atom. The molecule has 2 amide bonds. The second-order valence-corrected chi connectivity index (χ2v) is 11.9. The SMILES string of the molecule is CN(C(CCCCCCN)c1ccc(C2CCC(=O)NC2=O)cc1)C12CC3CC(CC(C3)C1)C2. The molecule has 4 bridgehead atoms. The molecule has 5 nitrogen and oxygen atoms in total. The second-order valence-electron chi connectivity index (χ2n) is 11.9. The van der Waals surface area contributed by atoms with Crippen LogP contribution < -0.4 is 11.1 Å². The molecule has 186 valence electrons. The third-order valence-electron chi connectivity index (χ3n) is 9.62. The van der Waals surface area contributed by atoms with Gasteiger partial charge in [-0.15, -0.1) is 0 Å². The molecule has 2 atom stereocenters. The van der Waals surface area contributed by atoms with Crippen molar-refractivity contribution in [3.8, 4) is 0 Å². The number of rotatable bonds is 10. The van der Waals surface area contributed by atoms with E-state index >= 15 is 0 Å². The van der Waals surface area contributed by atoms with Crippen LogP contribution in [0.2, 0.25) is 0 Å². The molecule has 5 fully saturated rings. The molecule has 5 aliphatic rings. The fourth-order valence-corrected chi connectivity index (χ4v) is 8.21. The van der Waals surface area contributed by atoms with E-state index in [1.165, 1.54) is 69.8 Å². The van der Waals surface area contributed by atoms with Crippen LogP contribution in [-0.4, -0.2) is 35.8 Å². The van der Waals surface area contributed by atoms with E-state index in [4.69, 9.17) is 5.73 Å². The summed E-state index contributed by atoms with van der Waals surface area (Å²) in [5, 5.41) is 2.51. The number of nitrogens with two attached hydrogens (primary N) is 1. The summed E-state index contributed by atoms with van der Waals surface area (Å²) in [6.45, 7) is 0.790. The summed E-state index contributed by atoms with van der Waals surface area (Å²) in [7, 11) is 2.41. The van der Waals surface area contributed by atoms with Crippen LogP contribution in [0.3, 0.4) is 0 Å². The van der Waals surface area contributed by atoms with Crippen LogP contribution in [0, 0.1) is 17.8 Å². The van der Waals surface area contributed by atoms with Crippen LogP contribution in [0.1, 0.15) is 107 Å². The van der Waals surface area contributed by atoms with Crippen LogP contribution in [0.4, 0.5) is 0 Å². The largest absolute Gasteiger partial charge is 0.330 e. The summed E-state index contributed by atoms with van der Waals surface area (Å²) in [5.41, 5.74) is 8.51. The number of nitrogens with zero attached hydrogens (tertiary/aromatic N) is 1. The van der Waals surface area contributed by atoms with Crippen molar-refractivity contribution < 1.29 is 9.59 Å². The minimum Gasteiger partial charge on any atom is -0.330 e. The summed E-state index contributed by atoms with van der Waals surface area (Å²) in [4.78, 5) is 26.7. The molecule has 1 aliphatic heterocycles. The third kappa shape index (κ3) is 4.83. The van der Waals surface area contributed by atoms with Gasteiger partial charge in [0.05, 0.1) is 5.92 Å². The summed E-state index contributed by atoms with van der Waals surface area (Å²) in [5.74, 6) is 2.31. The van der Waals surface area contributed by atoms with E-state index in [1.54, 1.807) is 0 Å². The van der Waals surface area contributed by atoms with E-state index in [0.29, 0.717) is 24.4 Å². The Morgan fingerprint density at radius 2 is 1.59 bits per heavy atom. The number of carbonyl (C=O) groups excluding carboxylic acids is 2. The van der Waals surface area contributed by atoms with Gasteiger partial charge in [-0.3, -0.25) is 19.8 Å². The van der Waals surface area contributed by atoms with Crippen LogP contribution in [-0.2, 0) is 9.59 Å². The molecule has 2 unspecified atom stereocenters. The average Bonchev–Trinajstić information content (AvgIpc) is 2.81. The number of carbonyl (C=O) groups is 2. The van der Waals surface area contributed by atoms with Gasteiger partial charge in [0.15, 0.2) is 0 Å². The third-order valence-corrected chi connectivity index (χ3v) is 9.62. The van der Waals surface area contributed by atoms with Gasteiger partial charge in [0.2, 0.25) is 11.8 Å². The molecular weight excluding hydrogens is 422 g/mol. The smallest absolute Gasteiger partial charge is 0.234 e. The Bertz CT molecular complexity index is 845. The monoisotopic (exact) mass is 465 g/mol. The first kappa shape index (κ1) is 24.0. The lowest BCUT2D eigenvalue weighted by molar-refractivity contribution is -0.134. The van der Waals surface area contributed by atoms with Crippen LogP contribution in [0.15, 0.2) is 24.3 Å². The molecule has 34 heavy (non-hydrogen) atoms. The normalized spacial score (nSPS) is 33.4.